The van der Waals surface area contributed by atoms with Crippen LogP contribution in [0.15, 0.2) is 54.6 Å². The maximum absolute atomic E-state index is 12.6. The van der Waals surface area contributed by atoms with E-state index in [0.717, 1.165) is 11.1 Å². The van der Waals surface area contributed by atoms with Crippen molar-refractivity contribution in [2.45, 2.75) is 19.1 Å². The number of nitrogens with one attached hydrogen (secondary N) is 2. The third kappa shape index (κ3) is 4.01. The van der Waals surface area contributed by atoms with Crippen molar-refractivity contribution in [3.05, 3.63) is 70.4 Å². The lowest BCUT2D eigenvalue weighted by atomic mass is 10.1. The van der Waals surface area contributed by atoms with E-state index < -0.39 is 16.9 Å². The largest absolute Gasteiger partial charge is 0.378 e. The van der Waals surface area contributed by atoms with Crippen molar-refractivity contribution >= 4 is 29.0 Å². The molecule has 0 saturated heterocycles. The molecule has 0 saturated carbocycles. The van der Waals surface area contributed by atoms with Gasteiger partial charge in [-0.3, -0.25) is 19.7 Å². The van der Waals surface area contributed by atoms with Crippen molar-refractivity contribution in [2.24, 2.45) is 0 Å². The minimum absolute atomic E-state index is 0.137. The number of fused-ring (bicyclic) bond motifs is 1. The molecule has 1 aliphatic rings. The average Bonchev–Trinajstić information content (AvgIpc) is 3.24. The standard InChI is InChI=1S/C21H19N5O5/c1-31-12-16-19(13-6-3-2-4-7-13)20-23-21(28)17(25(20)24-16)11-18(27)22-14-8-5-9-15(10-14)26(29)30/h2-10,17H,11-12H2,1H3,(H,22,27)(H,23,28). The number of carbonyl (C=O) groups is 2. The first-order chi connectivity index (χ1) is 15.0. The molecule has 1 aromatic heterocycles. The van der Waals surface area contributed by atoms with Crippen molar-refractivity contribution in [1.82, 2.24) is 9.78 Å². The first-order valence-electron chi connectivity index (χ1n) is 9.49. The molecular formula is C21H19N5O5. The fourth-order valence-electron chi connectivity index (χ4n) is 3.55. The number of anilines is 2. The predicted molar refractivity (Wildman–Crippen MR) is 112 cm³/mol. The smallest absolute Gasteiger partial charge is 0.271 e. The number of hydrogen-bond donors (Lipinski definition) is 2. The van der Waals surface area contributed by atoms with Gasteiger partial charge >= 0.3 is 0 Å². The predicted octanol–water partition coefficient (Wildman–Crippen LogP) is 3.13. The number of nitro benzene ring substituents is 1. The van der Waals surface area contributed by atoms with Gasteiger partial charge in [0.15, 0.2) is 0 Å². The van der Waals surface area contributed by atoms with Crippen LogP contribution in [0.2, 0.25) is 0 Å². The Labute approximate surface area is 177 Å². The van der Waals surface area contributed by atoms with Gasteiger partial charge in [-0.05, 0) is 11.6 Å². The number of carbonyl (C=O) groups excluding carboxylic acids is 2. The molecule has 1 unspecified atom stereocenters. The van der Waals surface area contributed by atoms with E-state index in [4.69, 9.17) is 4.74 Å². The number of amides is 2. The van der Waals surface area contributed by atoms with Gasteiger partial charge in [-0.25, -0.2) is 4.68 Å². The second-order valence-electron chi connectivity index (χ2n) is 6.98. The zero-order valence-corrected chi connectivity index (χ0v) is 16.6. The second-order valence-corrected chi connectivity index (χ2v) is 6.98. The topological polar surface area (TPSA) is 128 Å². The molecule has 1 atom stereocenters. The van der Waals surface area contributed by atoms with Crippen LogP contribution >= 0.6 is 0 Å². The Balaban J connectivity index is 1.59. The van der Waals surface area contributed by atoms with Crippen LogP contribution in [0.4, 0.5) is 17.2 Å². The summed E-state index contributed by atoms with van der Waals surface area (Å²) in [6, 6.07) is 14.2. The van der Waals surface area contributed by atoms with E-state index >= 15 is 0 Å². The van der Waals surface area contributed by atoms with Crippen LogP contribution in [0.25, 0.3) is 11.1 Å². The quantitative estimate of drug-likeness (QED) is 0.445. The fraction of sp³-hybridized carbons (Fsp3) is 0.190. The summed E-state index contributed by atoms with van der Waals surface area (Å²) in [6.45, 7) is 0.243. The molecule has 2 N–H and O–H groups in total. The summed E-state index contributed by atoms with van der Waals surface area (Å²) in [5, 5.41) is 20.9. The molecule has 0 aliphatic carbocycles. The van der Waals surface area contributed by atoms with E-state index in [9.17, 15) is 19.7 Å². The fourth-order valence-corrected chi connectivity index (χ4v) is 3.55. The molecule has 2 heterocycles. The van der Waals surface area contributed by atoms with Crippen molar-refractivity contribution in [2.75, 3.05) is 17.7 Å². The number of non-ortho nitro benzene ring substituents is 1. The lowest BCUT2D eigenvalue weighted by Gasteiger charge is -2.10. The highest BCUT2D eigenvalue weighted by Crippen LogP contribution is 2.38. The molecule has 158 valence electrons. The van der Waals surface area contributed by atoms with Crippen molar-refractivity contribution < 1.29 is 19.2 Å². The van der Waals surface area contributed by atoms with E-state index in [-0.39, 0.29) is 30.3 Å². The number of nitrogens with zero attached hydrogens (tertiary/aromatic N) is 3. The number of rotatable bonds is 7. The summed E-state index contributed by atoms with van der Waals surface area (Å²) in [7, 11) is 1.56. The highest BCUT2D eigenvalue weighted by molar-refractivity contribution is 6.04. The van der Waals surface area contributed by atoms with Gasteiger partial charge in [0.05, 0.1) is 23.6 Å². The van der Waals surface area contributed by atoms with E-state index in [1.807, 2.05) is 30.3 Å². The van der Waals surface area contributed by atoms with E-state index in [0.29, 0.717) is 11.5 Å². The third-order valence-electron chi connectivity index (χ3n) is 4.89. The number of ether oxygens (including phenoxy) is 1. The Morgan fingerprint density at radius 1 is 1.26 bits per heavy atom. The SMILES string of the molecule is COCc1nn2c(c1-c1ccccc1)NC(=O)C2CC(=O)Nc1cccc([N+](=O)[O-])c1. The number of aromatic nitrogens is 2. The van der Waals surface area contributed by atoms with Crippen LogP contribution in [0.3, 0.4) is 0 Å². The number of nitro groups is 1. The monoisotopic (exact) mass is 421 g/mol. The Morgan fingerprint density at radius 2 is 2.03 bits per heavy atom. The molecule has 0 spiro atoms. The van der Waals surface area contributed by atoms with Gasteiger partial charge in [0.1, 0.15) is 11.9 Å². The van der Waals surface area contributed by atoms with Crippen LogP contribution in [-0.2, 0) is 20.9 Å². The maximum atomic E-state index is 12.6. The van der Waals surface area contributed by atoms with Crippen LogP contribution in [0.5, 0.6) is 0 Å². The molecule has 4 rings (SSSR count). The van der Waals surface area contributed by atoms with E-state index in [1.54, 1.807) is 13.2 Å². The average molecular weight is 421 g/mol. The lowest BCUT2D eigenvalue weighted by molar-refractivity contribution is -0.384. The lowest BCUT2D eigenvalue weighted by Crippen LogP contribution is -2.24. The summed E-state index contributed by atoms with van der Waals surface area (Å²) < 4.78 is 6.76. The molecule has 2 aromatic carbocycles. The second kappa shape index (κ2) is 8.36. The molecule has 0 fully saturated rings. The summed E-state index contributed by atoms with van der Waals surface area (Å²) >= 11 is 0. The first kappa shape index (κ1) is 20.2. The van der Waals surface area contributed by atoms with Gasteiger partial charge in [-0.2, -0.15) is 5.10 Å². The maximum Gasteiger partial charge on any atom is 0.271 e. The van der Waals surface area contributed by atoms with Gasteiger partial charge in [0.2, 0.25) is 5.91 Å². The van der Waals surface area contributed by atoms with Gasteiger partial charge in [0, 0.05) is 30.5 Å². The Hall–Kier alpha value is -4.05. The highest BCUT2D eigenvalue weighted by Gasteiger charge is 2.37. The third-order valence-corrected chi connectivity index (χ3v) is 4.89. The van der Waals surface area contributed by atoms with E-state index in [2.05, 4.69) is 15.7 Å². The number of hydrogen-bond acceptors (Lipinski definition) is 6. The van der Waals surface area contributed by atoms with Gasteiger partial charge in [-0.15, -0.1) is 0 Å². The van der Waals surface area contributed by atoms with Gasteiger partial charge in [0.25, 0.3) is 11.6 Å². The van der Waals surface area contributed by atoms with Gasteiger partial charge in [-0.1, -0.05) is 36.4 Å². The number of methoxy groups -OCH3 is 1. The van der Waals surface area contributed by atoms with Crippen molar-refractivity contribution in [3.8, 4) is 11.1 Å². The normalized spacial score (nSPS) is 14.7. The van der Waals surface area contributed by atoms with Crippen LogP contribution in [0, 0.1) is 10.1 Å². The summed E-state index contributed by atoms with van der Waals surface area (Å²) in [4.78, 5) is 35.5. The first-order valence-corrected chi connectivity index (χ1v) is 9.49. The van der Waals surface area contributed by atoms with Crippen molar-refractivity contribution in [1.29, 1.82) is 0 Å². The Bertz CT molecular complexity index is 1160. The Morgan fingerprint density at radius 3 is 2.74 bits per heavy atom. The number of benzene rings is 2. The molecule has 3 aromatic rings. The highest BCUT2D eigenvalue weighted by atomic mass is 16.6. The molecule has 0 bridgehead atoms. The summed E-state index contributed by atoms with van der Waals surface area (Å²) in [5.74, 6) is -0.298. The zero-order chi connectivity index (χ0) is 22.0. The summed E-state index contributed by atoms with van der Waals surface area (Å²) in [5.41, 5.74) is 2.41. The minimum atomic E-state index is -0.846. The molecule has 1 aliphatic heterocycles. The molecule has 0 radical (unpaired) electrons. The van der Waals surface area contributed by atoms with Gasteiger partial charge < -0.3 is 15.4 Å². The van der Waals surface area contributed by atoms with Crippen LogP contribution < -0.4 is 10.6 Å². The van der Waals surface area contributed by atoms with Crippen LogP contribution in [-0.4, -0.2) is 33.6 Å². The minimum Gasteiger partial charge on any atom is -0.378 e. The molecule has 31 heavy (non-hydrogen) atoms. The molecule has 10 heteroatoms. The van der Waals surface area contributed by atoms with Crippen molar-refractivity contribution in [3.63, 3.8) is 0 Å². The van der Waals surface area contributed by atoms with E-state index in [1.165, 1.54) is 22.9 Å². The summed E-state index contributed by atoms with van der Waals surface area (Å²) in [6.07, 6.45) is -0.177. The Kier molecular flexibility index (Phi) is 5.46. The zero-order valence-electron chi connectivity index (χ0n) is 16.6. The molecule has 10 nitrogen and oxygen atoms in total. The molecular weight excluding hydrogens is 402 g/mol. The molecule has 2 amide bonds. The van der Waals surface area contributed by atoms with Crippen LogP contribution in [0.1, 0.15) is 18.2 Å².